The smallest absolute Gasteiger partial charge is 0.221 e. The van der Waals surface area contributed by atoms with Crippen LogP contribution in [-0.2, 0) is 0 Å². The van der Waals surface area contributed by atoms with Gasteiger partial charge in [-0.15, -0.1) is 11.3 Å². The van der Waals surface area contributed by atoms with Crippen molar-refractivity contribution >= 4 is 53.4 Å². The van der Waals surface area contributed by atoms with Gasteiger partial charge in [0, 0.05) is 54.2 Å². The normalized spacial score (nSPS) is 11.6. The van der Waals surface area contributed by atoms with Crippen LogP contribution in [0.1, 0.15) is 0 Å². The number of hydrogen-bond acceptors (Lipinski definition) is 5. The van der Waals surface area contributed by atoms with E-state index in [0.29, 0.717) is 11.8 Å². The van der Waals surface area contributed by atoms with E-state index in [1.165, 1.54) is 20.2 Å². The number of benzene rings is 4. The summed E-state index contributed by atoms with van der Waals surface area (Å²) in [5.41, 5.74) is 5.41. The van der Waals surface area contributed by atoms with Gasteiger partial charge < -0.3 is 9.15 Å². The van der Waals surface area contributed by atoms with Crippen molar-refractivity contribution in [3.8, 4) is 34.3 Å². The Morgan fingerprint density at radius 1 is 0.487 bits per heavy atom. The van der Waals surface area contributed by atoms with Crippen LogP contribution in [0.2, 0.25) is 0 Å². The maximum Gasteiger partial charge on any atom is 0.221 e. The summed E-state index contributed by atoms with van der Waals surface area (Å²) in [6.07, 6.45) is 0. The maximum atomic E-state index is 6.13. The number of furan rings is 1. The van der Waals surface area contributed by atoms with Crippen molar-refractivity contribution in [2.75, 3.05) is 0 Å². The molecule has 39 heavy (non-hydrogen) atoms. The van der Waals surface area contributed by atoms with Crippen LogP contribution < -0.4 is 4.74 Å². The minimum absolute atomic E-state index is 0.488. The quantitative estimate of drug-likeness (QED) is 0.232. The molecule has 5 heteroatoms. The Balaban J connectivity index is 1.10. The molecular formula is C34H20N2O2S. The summed E-state index contributed by atoms with van der Waals surface area (Å²) in [5, 5.41) is 4.77. The molecule has 0 N–H and O–H groups in total. The van der Waals surface area contributed by atoms with E-state index < -0.39 is 0 Å². The van der Waals surface area contributed by atoms with Crippen LogP contribution in [0.3, 0.4) is 0 Å². The van der Waals surface area contributed by atoms with E-state index in [9.17, 15) is 0 Å². The molecule has 184 valence electrons. The molecule has 4 aromatic carbocycles. The van der Waals surface area contributed by atoms with Crippen LogP contribution in [0.15, 0.2) is 126 Å². The first-order chi connectivity index (χ1) is 19.3. The second kappa shape index (κ2) is 8.79. The van der Waals surface area contributed by atoms with Crippen molar-refractivity contribution in [1.29, 1.82) is 0 Å². The van der Waals surface area contributed by atoms with Gasteiger partial charge in [-0.25, -0.2) is 9.97 Å². The molecule has 0 aliphatic carbocycles. The molecule has 4 nitrogen and oxygen atoms in total. The highest BCUT2D eigenvalue weighted by molar-refractivity contribution is 7.25. The van der Waals surface area contributed by atoms with Crippen molar-refractivity contribution in [1.82, 2.24) is 9.97 Å². The van der Waals surface area contributed by atoms with Crippen molar-refractivity contribution < 1.29 is 9.15 Å². The molecule has 0 saturated carbocycles. The van der Waals surface area contributed by atoms with Gasteiger partial charge in [-0.05, 0) is 42.5 Å². The second-order valence-corrected chi connectivity index (χ2v) is 10.5. The van der Waals surface area contributed by atoms with Gasteiger partial charge >= 0.3 is 0 Å². The molecule has 0 aliphatic rings. The Labute approximate surface area is 227 Å². The third-order valence-electron chi connectivity index (χ3n) is 7.01. The van der Waals surface area contributed by atoms with Crippen LogP contribution >= 0.6 is 11.3 Å². The van der Waals surface area contributed by atoms with Crippen LogP contribution in [0, 0.1) is 0 Å². The zero-order chi connectivity index (χ0) is 25.8. The molecule has 0 spiro atoms. The minimum Gasteiger partial charge on any atom is -0.456 e. The van der Waals surface area contributed by atoms with E-state index in [0.717, 1.165) is 44.5 Å². The van der Waals surface area contributed by atoms with Crippen molar-refractivity contribution in [2.24, 2.45) is 0 Å². The number of nitrogens with zero attached hydrogens (tertiary/aromatic N) is 2. The van der Waals surface area contributed by atoms with Gasteiger partial charge in [0.2, 0.25) is 11.8 Å². The van der Waals surface area contributed by atoms with Crippen molar-refractivity contribution in [3.05, 3.63) is 121 Å². The van der Waals surface area contributed by atoms with E-state index in [1.807, 2.05) is 60.7 Å². The van der Waals surface area contributed by atoms with Gasteiger partial charge in [0.15, 0.2) is 0 Å². The summed E-state index contributed by atoms with van der Waals surface area (Å²) < 4.78 is 14.7. The molecular weight excluding hydrogens is 500 g/mol. The largest absolute Gasteiger partial charge is 0.456 e. The van der Waals surface area contributed by atoms with Crippen LogP contribution in [0.5, 0.6) is 11.8 Å². The van der Waals surface area contributed by atoms with Gasteiger partial charge in [0.05, 0.1) is 11.4 Å². The van der Waals surface area contributed by atoms with Gasteiger partial charge in [-0.2, -0.15) is 0 Å². The molecule has 4 heterocycles. The molecule has 0 aliphatic heterocycles. The number of hydrogen-bond donors (Lipinski definition) is 0. The number of pyridine rings is 2. The van der Waals surface area contributed by atoms with Crippen LogP contribution in [-0.4, -0.2) is 9.97 Å². The average molecular weight is 521 g/mol. The Hall–Kier alpha value is -5.00. The number of ether oxygens (including phenoxy) is 1. The number of thiophene rings is 1. The number of fused-ring (bicyclic) bond motifs is 6. The second-order valence-electron chi connectivity index (χ2n) is 9.44. The fourth-order valence-corrected chi connectivity index (χ4v) is 6.29. The van der Waals surface area contributed by atoms with Crippen LogP contribution in [0.4, 0.5) is 0 Å². The monoisotopic (exact) mass is 520 g/mol. The minimum atomic E-state index is 0.488. The zero-order valence-corrected chi connectivity index (χ0v) is 21.5. The summed E-state index contributed by atoms with van der Waals surface area (Å²) in [6.45, 7) is 0. The lowest BCUT2D eigenvalue weighted by Crippen LogP contribution is -1.93. The summed E-state index contributed by atoms with van der Waals surface area (Å²) in [5.74, 6) is 0.989. The molecule has 0 bridgehead atoms. The number of para-hydroxylation sites is 1. The molecule has 0 atom stereocenters. The Kier molecular flexibility index (Phi) is 4.96. The van der Waals surface area contributed by atoms with Gasteiger partial charge in [-0.1, -0.05) is 66.7 Å². The molecule has 0 radical (unpaired) electrons. The fourth-order valence-electron chi connectivity index (χ4n) is 5.14. The van der Waals surface area contributed by atoms with Crippen molar-refractivity contribution in [2.45, 2.75) is 0 Å². The Morgan fingerprint density at radius 3 is 1.90 bits per heavy atom. The lowest BCUT2D eigenvalue weighted by molar-refractivity contribution is 0.446. The molecule has 0 fully saturated rings. The first-order valence-corrected chi connectivity index (χ1v) is 13.6. The molecule has 0 amide bonds. The van der Waals surface area contributed by atoms with E-state index in [1.54, 1.807) is 11.3 Å². The topological polar surface area (TPSA) is 48.2 Å². The van der Waals surface area contributed by atoms with E-state index in [4.69, 9.17) is 19.1 Å². The number of aromatic nitrogens is 2. The number of rotatable bonds is 4. The summed E-state index contributed by atoms with van der Waals surface area (Å²) in [6, 6.07) is 40.9. The first-order valence-electron chi connectivity index (χ1n) is 12.7. The lowest BCUT2D eigenvalue weighted by atomic mass is 10.1. The lowest BCUT2D eigenvalue weighted by Gasteiger charge is -2.08. The highest BCUT2D eigenvalue weighted by Gasteiger charge is 2.11. The predicted molar refractivity (Wildman–Crippen MR) is 160 cm³/mol. The van der Waals surface area contributed by atoms with E-state index in [2.05, 4.69) is 60.7 Å². The van der Waals surface area contributed by atoms with Crippen LogP contribution in [0.25, 0.3) is 64.6 Å². The summed E-state index contributed by atoms with van der Waals surface area (Å²) in [7, 11) is 0. The Bertz CT molecular complexity index is 2020. The summed E-state index contributed by atoms with van der Waals surface area (Å²) in [4.78, 5) is 9.56. The van der Waals surface area contributed by atoms with Gasteiger partial charge in [0.25, 0.3) is 0 Å². The molecule has 4 aromatic heterocycles. The molecule has 0 unspecified atom stereocenters. The first kappa shape index (κ1) is 22.0. The Morgan fingerprint density at radius 2 is 1.10 bits per heavy atom. The third-order valence-corrected chi connectivity index (χ3v) is 8.14. The molecule has 0 saturated heterocycles. The van der Waals surface area contributed by atoms with E-state index >= 15 is 0 Å². The van der Waals surface area contributed by atoms with Gasteiger partial charge in [0.1, 0.15) is 11.2 Å². The zero-order valence-electron chi connectivity index (χ0n) is 20.7. The molecule has 8 rings (SSSR count). The van der Waals surface area contributed by atoms with Crippen molar-refractivity contribution in [3.63, 3.8) is 0 Å². The molecule has 8 aromatic rings. The van der Waals surface area contributed by atoms with Gasteiger partial charge in [-0.3, -0.25) is 0 Å². The standard InChI is InChI=1S/C34H20N2O2S/c1-3-11-29-23(7-1)24-17-15-21(19-30(24)37-29)27-9-5-13-33(35-27)38-34-14-6-10-28(36-34)22-16-18-26-25-8-2-4-12-31(25)39-32(26)20-22/h1-20H. The van der Waals surface area contributed by atoms with E-state index in [-0.39, 0.29) is 0 Å². The summed E-state index contributed by atoms with van der Waals surface area (Å²) >= 11 is 1.80. The average Bonchev–Trinajstić information content (AvgIpc) is 3.55. The highest BCUT2D eigenvalue weighted by Crippen LogP contribution is 2.36. The fraction of sp³-hybridized carbons (Fsp3) is 0. The SMILES string of the molecule is c1cc(Oc2cccc(-c3ccc4c(c3)sc3ccccc34)n2)nc(-c2ccc3c(c2)oc2ccccc23)c1. The maximum absolute atomic E-state index is 6.13. The predicted octanol–water partition coefficient (Wildman–Crippen LogP) is 9.87. The third kappa shape index (κ3) is 3.83. The highest BCUT2D eigenvalue weighted by atomic mass is 32.1.